The number of hydrogen-bond donors (Lipinski definition) is 2. The van der Waals surface area contributed by atoms with Crippen LogP contribution in [0.2, 0.25) is 0 Å². The molecule has 6 rings (SSSR count). The van der Waals surface area contributed by atoms with Crippen LogP contribution in [0.3, 0.4) is 0 Å². The number of nitrogens with two attached hydrogens (primary N) is 1. The lowest BCUT2D eigenvalue weighted by Crippen LogP contribution is -2.44. The number of amides is 2. The molecule has 1 aliphatic carbocycles. The molecule has 8 nitrogen and oxygen atoms in total. The van der Waals surface area contributed by atoms with Crippen molar-refractivity contribution in [1.29, 1.82) is 0 Å². The minimum atomic E-state index is -3.11. The number of ether oxygens (including phenoxy) is 2. The van der Waals surface area contributed by atoms with Crippen LogP contribution in [-0.4, -0.2) is 48.2 Å². The molecule has 1 aliphatic heterocycles. The Morgan fingerprint density at radius 2 is 1.91 bits per heavy atom. The molecule has 2 atom stereocenters. The fourth-order valence-electron chi connectivity index (χ4n) is 5.66. The maximum atomic E-state index is 14.5. The Morgan fingerprint density at radius 3 is 2.57 bits per heavy atom. The molecule has 2 aromatic heterocycles. The summed E-state index contributed by atoms with van der Waals surface area (Å²) in [5, 5.41) is 3.34. The fraction of sp³-hybridized carbons (Fsp3) is 0.312. The predicted octanol–water partition coefficient (Wildman–Crippen LogP) is 5.35. The van der Waals surface area contributed by atoms with Gasteiger partial charge in [0, 0.05) is 46.4 Å². The Labute approximate surface area is 249 Å². The summed E-state index contributed by atoms with van der Waals surface area (Å²) in [5.74, 6) is -2.13. The number of carbonyl (C=O) groups excluding carboxylic acids is 2. The third kappa shape index (κ3) is 5.40. The zero-order chi connectivity index (χ0) is 31.2. The average Bonchev–Trinajstić information content (AvgIpc) is 3.76. The molecule has 4 aromatic rings. The van der Waals surface area contributed by atoms with Crippen molar-refractivity contribution in [3.63, 3.8) is 0 Å². The van der Waals surface area contributed by atoms with Gasteiger partial charge in [-0.25, -0.2) is 13.8 Å². The first-order valence-electron chi connectivity index (χ1n) is 14.0. The number of aromatic nitrogens is 2. The molecular formula is C32H28F4N4O4. The van der Waals surface area contributed by atoms with Crippen molar-refractivity contribution >= 4 is 22.7 Å². The zero-order valence-electron chi connectivity index (χ0n) is 23.6. The minimum absolute atomic E-state index is 0.0996. The summed E-state index contributed by atoms with van der Waals surface area (Å²) in [7, 11) is 0. The number of rotatable bonds is 10. The van der Waals surface area contributed by atoms with Crippen LogP contribution in [0.15, 0.2) is 54.7 Å². The molecule has 2 aromatic carbocycles. The first-order chi connectivity index (χ1) is 21.1. The number of carbonyl (C=O) groups is 2. The summed E-state index contributed by atoms with van der Waals surface area (Å²) in [4.78, 5) is 34.9. The first kappa shape index (κ1) is 29.3. The minimum Gasteiger partial charge on any atom is -0.489 e. The Hall–Kier alpha value is -4.74. The highest BCUT2D eigenvalue weighted by molar-refractivity contribution is 6.00. The van der Waals surface area contributed by atoms with Gasteiger partial charge in [0.15, 0.2) is 5.75 Å². The molecule has 2 amide bonds. The molecule has 0 spiro atoms. The van der Waals surface area contributed by atoms with Gasteiger partial charge in [-0.3, -0.25) is 14.6 Å². The Morgan fingerprint density at radius 1 is 1.16 bits per heavy atom. The molecule has 44 heavy (non-hydrogen) atoms. The van der Waals surface area contributed by atoms with Crippen LogP contribution < -0.4 is 20.5 Å². The molecule has 1 saturated carbocycles. The lowest BCUT2D eigenvalue weighted by molar-refractivity contribution is -0.124. The highest BCUT2D eigenvalue weighted by Gasteiger charge is 2.49. The van der Waals surface area contributed by atoms with E-state index in [1.54, 1.807) is 25.1 Å². The van der Waals surface area contributed by atoms with E-state index < -0.39 is 36.3 Å². The van der Waals surface area contributed by atoms with Gasteiger partial charge in [-0.05, 0) is 79.8 Å². The third-order valence-electron chi connectivity index (χ3n) is 8.21. The first-order valence-corrected chi connectivity index (χ1v) is 14.0. The average molecular weight is 609 g/mol. The largest absolute Gasteiger partial charge is 0.489 e. The van der Waals surface area contributed by atoms with E-state index in [0.29, 0.717) is 22.3 Å². The number of aryl methyl sites for hydroxylation is 1. The predicted molar refractivity (Wildman–Crippen MR) is 153 cm³/mol. The molecule has 3 N–H and O–H groups in total. The van der Waals surface area contributed by atoms with Crippen LogP contribution in [0.1, 0.15) is 45.9 Å². The van der Waals surface area contributed by atoms with Crippen LogP contribution in [0, 0.1) is 18.7 Å². The van der Waals surface area contributed by atoms with Crippen LogP contribution >= 0.6 is 0 Å². The van der Waals surface area contributed by atoms with Crippen molar-refractivity contribution < 1.29 is 36.6 Å². The molecule has 2 aliphatic rings. The van der Waals surface area contributed by atoms with Crippen molar-refractivity contribution in [3.8, 4) is 22.8 Å². The number of halogens is 4. The summed E-state index contributed by atoms with van der Waals surface area (Å²) in [5.41, 5.74) is 6.55. The van der Waals surface area contributed by atoms with Crippen molar-refractivity contribution in [3.05, 3.63) is 82.9 Å². The van der Waals surface area contributed by atoms with E-state index in [-0.39, 0.29) is 53.1 Å². The smallest absolute Gasteiger partial charge is 0.387 e. The molecule has 0 radical (unpaired) electrons. The summed E-state index contributed by atoms with van der Waals surface area (Å²) < 4.78 is 65.0. The number of pyridine rings is 2. The lowest BCUT2D eigenvalue weighted by atomic mass is 9.81. The van der Waals surface area contributed by atoms with Crippen molar-refractivity contribution in [1.82, 2.24) is 15.3 Å². The Bertz CT molecular complexity index is 1760. The quantitative estimate of drug-likeness (QED) is 0.235. The zero-order valence-corrected chi connectivity index (χ0v) is 23.6. The number of nitrogens with zero attached hydrogens (tertiary/aromatic N) is 2. The number of fused-ring (bicyclic) bond motifs is 2. The van der Waals surface area contributed by atoms with Gasteiger partial charge in [0.25, 0.3) is 5.91 Å². The highest BCUT2D eigenvalue weighted by Crippen LogP contribution is 2.48. The van der Waals surface area contributed by atoms with Gasteiger partial charge < -0.3 is 20.5 Å². The van der Waals surface area contributed by atoms with E-state index >= 15 is 0 Å². The summed E-state index contributed by atoms with van der Waals surface area (Å²) in [6.45, 7) is -2.62. The molecule has 12 heteroatoms. The molecule has 228 valence electrons. The van der Waals surface area contributed by atoms with Crippen LogP contribution in [0.25, 0.3) is 22.2 Å². The van der Waals surface area contributed by atoms with Gasteiger partial charge in [-0.1, -0.05) is 0 Å². The van der Waals surface area contributed by atoms with E-state index in [0.717, 1.165) is 18.4 Å². The van der Waals surface area contributed by atoms with E-state index in [1.807, 2.05) is 0 Å². The maximum Gasteiger partial charge on any atom is 0.387 e. The van der Waals surface area contributed by atoms with E-state index in [4.69, 9.17) is 15.5 Å². The fourth-order valence-corrected chi connectivity index (χ4v) is 5.66. The van der Waals surface area contributed by atoms with Crippen LogP contribution in [0.5, 0.6) is 11.5 Å². The second-order valence-electron chi connectivity index (χ2n) is 11.2. The number of primary amides is 1. The van der Waals surface area contributed by atoms with E-state index in [9.17, 15) is 27.2 Å². The molecule has 0 bridgehead atoms. The van der Waals surface area contributed by atoms with Crippen LogP contribution in [-0.2, 0) is 10.2 Å². The highest BCUT2D eigenvalue weighted by atomic mass is 19.3. The number of alkyl halides is 3. The van der Waals surface area contributed by atoms with Gasteiger partial charge in [-0.15, -0.1) is 0 Å². The molecular weight excluding hydrogens is 580 g/mol. The molecule has 1 fully saturated rings. The van der Waals surface area contributed by atoms with Gasteiger partial charge >= 0.3 is 6.61 Å². The summed E-state index contributed by atoms with van der Waals surface area (Å²) >= 11 is 0. The summed E-state index contributed by atoms with van der Waals surface area (Å²) in [6, 6.07) is 11.6. The van der Waals surface area contributed by atoms with E-state index in [1.165, 1.54) is 36.5 Å². The third-order valence-corrected chi connectivity index (χ3v) is 8.21. The van der Waals surface area contributed by atoms with Crippen LogP contribution in [0.4, 0.5) is 17.6 Å². The number of hydrogen-bond acceptors (Lipinski definition) is 6. The SMILES string of the molecule is Cc1cnc2c(OC(F)F)cc(C(=O)NC[C@H](c3cc4c(c(-c5ccc(F)cc5)n3)OC[C@@]4(CF)C(N)=O)C3CC3)cc2c1. The normalized spacial score (nSPS) is 18.1. The molecule has 3 heterocycles. The Kier molecular flexibility index (Phi) is 7.60. The summed E-state index contributed by atoms with van der Waals surface area (Å²) in [6.07, 6.45) is 3.21. The second kappa shape index (κ2) is 11.4. The number of benzene rings is 2. The van der Waals surface area contributed by atoms with Crippen molar-refractivity contribution in [2.24, 2.45) is 11.7 Å². The van der Waals surface area contributed by atoms with Crippen molar-refractivity contribution in [2.45, 2.75) is 37.7 Å². The molecule has 0 saturated heterocycles. The maximum absolute atomic E-state index is 14.5. The second-order valence-corrected chi connectivity index (χ2v) is 11.2. The van der Waals surface area contributed by atoms with Crippen molar-refractivity contribution in [2.75, 3.05) is 19.8 Å². The van der Waals surface area contributed by atoms with E-state index in [2.05, 4.69) is 15.0 Å². The van der Waals surface area contributed by atoms with Gasteiger partial charge in [0.05, 0.1) is 0 Å². The standard InChI is InChI=1S/C32H28F4N4O4/c1-16-8-19-9-20(10-25(44-31(35)36)26(19)38-12-16)29(41)39-13-22(17-2-3-17)24-11-23-28(43-15-32(23,14-33)30(37)42)27(40-24)18-4-6-21(34)7-5-18/h4-12,17,22,31H,2-3,13-15H2,1H3,(H2,37,42)(H,39,41)/t22-,32+/m0/s1. The molecule has 0 unspecified atom stereocenters. The van der Waals surface area contributed by atoms with Gasteiger partial charge in [0.1, 0.15) is 41.5 Å². The Balaban J connectivity index is 1.36. The monoisotopic (exact) mass is 608 g/mol. The van der Waals surface area contributed by atoms with Gasteiger partial charge in [0.2, 0.25) is 5.91 Å². The topological polar surface area (TPSA) is 116 Å². The van der Waals surface area contributed by atoms with Gasteiger partial charge in [-0.2, -0.15) is 8.78 Å². The lowest BCUT2D eigenvalue weighted by Gasteiger charge is -2.23. The number of nitrogens with one attached hydrogen (secondary N) is 1.